The van der Waals surface area contributed by atoms with E-state index < -0.39 is 0 Å². The summed E-state index contributed by atoms with van der Waals surface area (Å²) in [6, 6.07) is 2.36. The highest BCUT2D eigenvalue weighted by molar-refractivity contribution is 7.12. The van der Waals surface area contributed by atoms with Crippen LogP contribution >= 0.6 is 11.3 Å². The predicted octanol–water partition coefficient (Wildman–Crippen LogP) is 4.55. The third kappa shape index (κ3) is 5.53. The molecule has 0 aliphatic rings. The minimum absolute atomic E-state index is 0.0530. The van der Waals surface area contributed by atoms with Crippen molar-refractivity contribution in [3.05, 3.63) is 21.4 Å². The van der Waals surface area contributed by atoms with Crippen molar-refractivity contribution < 1.29 is 4.79 Å². The topological polar surface area (TPSA) is 41.1 Å². The molecule has 0 radical (unpaired) electrons. The van der Waals surface area contributed by atoms with Gasteiger partial charge in [-0.2, -0.15) is 0 Å². The molecule has 0 aromatic carbocycles. The van der Waals surface area contributed by atoms with Crippen molar-refractivity contribution in [3.8, 4) is 0 Å². The maximum atomic E-state index is 12.0. The molecule has 2 unspecified atom stereocenters. The van der Waals surface area contributed by atoms with Crippen LogP contribution in [0.1, 0.15) is 61.9 Å². The molecule has 0 bridgehead atoms. The van der Waals surface area contributed by atoms with Crippen LogP contribution in [0.25, 0.3) is 0 Å². The summed E-state index contributed by atoms with van der Waals surface area (Å²) in [6.45, 7) is 12.7. The number of urea groups is 1. The van der Waals surface area contributed by atoms with Gasteiger partial charge in [0.1, 0.15) is 0 Å². The highest BCUT2D eigenvalue weighted by Crippen LogP contribution is 2.25. The molecule has 1 heterocycles. The van der Waals surface area contributed by atoms with E-state index in [2.05, 4.69) is 51.3 Å². The van der Waals surface area contributed by atoms with E-state index in [9.17, 15) is 4.79 Å². The number of nitrogens with one attached hydrogen (secondary N) is 2. The van der Waals surface area contributed by atoms with Crippen LogP contribution in [0.5, 0.6) is 0 Å². The molecule has 0 saturated heterocycles. The van der Waals surface area contributed by atoms with Gasteiger partial charge in [-0.25, -0.2) is 4.79 Å². The zero-order valence-corrected chi connectivity index (χ0v) is 14.4. The van der Waals surface area contributed by atoms with Crippen molar-refractivity contribution in [1.82, 2.24) is 10.6 Å². The third-order valence-electron chi connectivity index (χ3n) is 3.45. The first kappa shape index (κ1) is 17.0. The Kier molecular flexibility index (Phi) is 6.53. The Balaban J connectivity index is 2.44. The minimum atomic E-state index is -0.0722. The maximum Gasteiger partial charge on any atom is 0.315 e. The Morgan fingerprint density at radius 3 is 2.30 bits per heavy atom. The van der Waals surface area contributed by atoms with Gasteiger partial charge >= 0.3 is 6.03 Å². The van der Waals surface area contributed by atoms with E-state index in [-0.39, 0.29) is 18.1 Å². The summed E-state index contributed by atoms with van der Waals surface area (Å²) >= 11 is 1.78. The van der Waals surface area contributed by atoms with Gasteiger partial charge in [-0.05, 0) is 58.1 Å². The molecule has 3 nitrogen and oxygen atoms in total. The van der Waals surface area contributed by atoms with E-state index in [4.69, 9.17) is 0 Å². The Morgan fingerprint density at radius 1 is 1.15 bits per heavy atom. The average Bonchev–Trinajstić information content (AvgIpc) is 2.65. The second-order valence-electron chi connectivity index (χ2n) is 6.08. The van der Waals surface area contributed by atoms with Gasteiger partial charge in [0, 0.05) is 15.8 Å². The number of hydrogen-bond donors (Lipinski definition) is 2. The number of carbonyl (C=O) groups is 1. The zero-order valence-electron chi connectivity index (χ0n) is 13.5. The summed E-state index contributed by atoms with van der Waals surface area (Å²) in [6.07, 6.45) is 2.16. The van der Waals surface area contributed by atoms with E-state index >= 15 is 0 Å². The Labute approximate surface area is 127 Å². The molecule has 1 rings (SSSR count). The molecule has 4 heteroatoms. The molecule has 2 atom stereocenters. The van der Waals surface area contributed by atoms with Gasteiger partial charge in [0.2, 0.25) is 0 Å². The second-order valence-corrected chi connectivity index (χ2v) is 7.54. The molecule has 2 amide bonds. The summed E-state index contributed by atoms with van der Waals surface area (Å²) in [5.41, 5.74) is 1.22. The smallest absolute Gasteiger partial charge is 0.315 e. The fourth-order valence-electron chi connectivity index (χ4n) is 2.28. The molecule has 1 aromatic rings. The molecule has 0 saturated carbocycles. The quantitative estimate of drug-likeness (QED) is 0.794. The minimum Gasteiger partial charge on any atom is -0.336 e. The van der Waals surface area contributed by atoms with Gasteiger partial charge in [-0.1, -0.05) is 13.8 Å². The molecule has 0 aliphatic carbocycles. The number of carbonyl (C=O) groups excluding carboxylic acids is 1. The van der Waals surface area contributed by atoms with E-state index in [1.807, 2.05) is 6.92 Å². The van der Waals surface area contributed by atoms with Crippen molar-refractivity contribution in [3.63, 3.8) is 0 Å². The lowest BCUT2D eigenvalue weighted by Gasteiger charge is -2.19. The van der Waals surface area contributed by atoms with Crippen LogP contribution in [0.3, 0.4) is 0 Å². The second kappa shape index (κ2) is 7.67. The summed E-state index contributed by atoms with van der Waals surface area (Å²) in [4.78, 5) is 14.6. The van der Waals surface area contributed by atoms with Crippen LogP contribution in [0, 0.1) is 19.8 Å². The average molecular weight is 296 g/mol. The van der Waals surface area contributed by atoms with Gasteiger partial charge in [0.25, 0.3) is 0 Å². The summed E-state index contributed by atoms with van der Waals surface area (Å²) in [5.74, 6) is 0.678. The molecule has 0 aliphatic heterocycles. The van der Waals surface area contributed by atoms with Crippen LogP contribution in [0.15, 0.2) is 6.07 Å². The first-order chi connectivity index (χ1) is 9.29. The molecule has 114 valence electrons. The Morgan fingerprint density at radius 2 is 1.80 bits per heavy atom. The zero-order chi connectivity index (χ0) is 15.3. The summed E-state index contributed by atoms with van der Waals surface area (Å²) < 4.78 is 0. The fourth-order valence-corrected chi connectivity index (χ4v) is 3.30. The van der Waals surface area contributed by atoms with Crippen molar-refractivity contribution in [1.29, 1.82) is 0 Å². The highest BCUT2D eigenvalue weighted by Gasteiger charge is 2.15. The molecule has 0 fully saturated rings. The largest absolute Gasteiger partial charge is 0.336 e. The van der Waals surface area contributed by atoms with E-state index in [1.165, 1.54) is 15.3 Å². The number of amides is 2. The maximum absolute atomic E-state index is 12.0. The van der Waals surface area contributed by atoms with Crippen molar-refractivity contribution in [2.75, 3.05) is 0 Å². The fraction of sp³-hybridized carbons (Fsp3) is 0.688. The lowest BCUT2D eigenvalue weighted by atomic mass is 10.0. The lowest BCUT2D eigenvalue weighted by molar-refractivity contribution is 0.233. The van der Waals surface area contributed by atoms with Gasteiger partial charge in [0.05, 0.1) is 6.04 Å². The SMILES string of the molecule is Cc1cc(C(C)NC(=O)NC(C)CCC(C)C)c(C)s1. The summed E-state index contributed by atoms with van der Waals surface area (Å²) in [7, 11) is 0. The summed E-state index contributed by atoms with van der Waals surface area (Å²) in [5, 5.41) is 6.04. The molecule has 2 N–H and O–H groups in total. The molecule has 0 spiro atoms. The third-order valence-corrected chi connectivity index (χ3v) is 4.43. The first-order valence-electron chi connectivity index (χ1n) is 7.43. The lowest BCUT2D eigenvalue weighted by Crippen LogP contribution is -2.41. The monoisotopic (exact) mass is 296 g/mol. The molecule has 20 heavy (non-hydrogen) atoms. The van der Waals surface area contributed by atoms with Gasteiger partial charge in [-0.15, -0.1) is 11.3 Å². The van der Waals surface area contributed by atoms with Crippen molar-refractivity contribution >= 4 is 17.4 Å². The van der Waals surface area contributed by atoms with E-state index in [0.29, 0.717) is 5.92 Å². The van der Waals surface area contributed by atoms with E-state index in [0.717, 1.165) is 12.8 Å². The van der Waals surface area contributed by atoms with Gasteiger partial charge < -0.3 is 10.6 Å². The Bertz CT molecular complexity index is 440. The molecular weight excluding hydrogens is 268 g/mol. The molecular formula is C16H28N2OS. The normalized spacial score (nSPS) is 14.2. The molecule has 1 aromatic heterocycles. The standard InChI is InChI=1S/C16H28N2OS/c1-10(2)7-8-11(3)17-16(19)18-13(5)15-9-12(4)20-14(15)6/h9-11,13H,7-8H2,1-6H3,(H2,17,18,19). The number of aryl methyl sites for hydroxylation is 2. The van der Waals surface area contributed by atoms with Crippen LogP contribution in [-0.4, -0.2) is 12.1 Å². The number of thiophene rings is 1. The van der Waals surface area contributed by atoms with Crippen LogP contribution in [0.4, 0.5) is 4.79 Å². The van der Waals surface area contributed by atoms with Gasteiger partial charge in [-0.3, -0.25) is 0 Å². The predicted molar refractivity (Wildman–Crippen MR) is 87.4 cm³/mol. The van der Waals surface area contributed by atoms with Crippen molar-refractivity contribution in [2.24, 2.45) is 5.92 Å². The first-order valence-corrected chi connectivity index (χ1v) is 8.25. The van der Waals surface area contributed by atoms with Crippen LogP contribution in [-0.2, 0) is 0 Å². The number of hydrogen-bond acceptors (Lipinski definition) is 2. The van der Waals surface area contributed by atoms with E-state index in [1.54, 1.807) is 11.3 Å². The highest BCUT2D eigenvalue weighted by atomic mass is 32.1. The van der Waals surface area contributed by atoms with Crippen LogP contribution < -0.4 is 10.6 Å². The van der Waals surface area contributed by atoms with Crippen molar-refractivity contribution in [2.45, 2.75) is 66.5 Å². The van der Waals surface area contributed by atoms with Crippen LogP contribution in [0.2, 0.25) is 0 Å². The number of rotatable bonds is 6. The van der Waals surface area contributed by atoms with Gasteiger partial charge in [0.15, 0.2) is 0 Å². The Hall–Kier alpha value is -1.03.